The van der Waals surface area contributed by atoms with E-state index in [1.165, 1.54) is 31.2 Å². The van der Waals surface area contributed by atoms with E-state index in [1.807, 2.05) is 0 Å². The van der Waals surface area contributed by atoms with Crippen LogP contribution in [0.15, 0.2) is 41.2 Å². The summed E-state index contributed by atoms with van der Waals surface area (Å²) in [4.78, 5) is 23.3. The van der Waals surface area contributed by atoms with E-state index in [-0.39, 0.29) is 17.9 Å². The first kappa shape index (κ1) is 19.5. The SMILES string of the molecule is Cc1cc(Cn2c(=O)nnn2-c2ccc(Cl)c(C(F)(F)F)c2)ccc1[N+](=O)[O-]. The minimum Gasteiger partial charge on any atom is -0.258 e. The van der Waals surface area contributed by atoms with Crippen LogP contribution in [0.2, 0.25) is 5.02 Å². The Morgan fingerprint density at radius 2 is 1.93 bits per heavy atom. The molecule has 0 spiro atoms. The standard InChI is InChI=1S/C16H11ClF3N5O3/c1-9-6-10(2-5-14(9)25(27)28)8-23-15(26)21-22-24(23)11-3-4-13(17)12(7-11)16(18,19)20/h2-7H,8H2,1H3. The van der Waals surface area contributed by atoms with Crippen molar-refractivity contribution in [2.75, 3.05) is 0 Å². The van der Waals surface area contributed by atoms with Crippen molar-refractivity contribution < 1.29 is 18.1 Å². The van der Waals surface area contributed by atoms with Crippen molar-refractivity contribution in [3.05, 3.63) is 78.7 Å². The molecular formula is C16H11ClF3N5O3. The molecule has 1 aromatic heterocycles. The first-order valence-electron chi connectivity index (χ1n) is 7.72. The van der Waals surface area contributed by atoms with Crippen molar-refractivity contribution in [1.82, 2.24) is 19.8 Å². The maximum atomic E-state index is 13.1. The molecule has 0 unspecified atom stereocenters. The molecule has 2 aromatic carbocycles. The number of rotatable bonds is 4. The Kier molecular flexibility index (Phi) is 4.94. The smallest absolute Gasteiger partial charge is 0.258 e. The van der Waals surface area contributed by atoms with E-state index >= 15 is 0 Å². The second-order valence-corrected chi connectivity index (χ2v) is 6.27. The zero-order valence-electron chi connectivity index (χ0n) is 14.1. The molecule has 0 bridgehead atoms. The van der Waals surface area contributed by atoms with Crippen LogP contribution in [-0.4, -0.2) is 24.7 Å². The highest BCUT2D eigenvalue weighted by molar-refractivity contribution is 6.31. The Morgan fingerprint density at radius 3 is 2.54 bits per heavy atom. The van der Waals surface area contributed by atoms with Gasteiger partial charge in [-0.3, -0.25) is 10.1 Å². The van der Waals surface area contributed by atoms with Crippen molar-refractivity contribution in [3.63, 3.8) is 0 Å². The maximum absolute atomic E-state index is 13.1. The van der Waals surface area contributed by atoms with E-state index in [1.54, 1.807) is 0 Å². The number of nitro groups is 1. The third-order valence-corrected chi connectivity index (χ3v) is 4.27. The van der Waals surface area contributed by atoms with Crippen LogP contribution >= 0.6 is 11.6 Å². The zero-order chi connectivity index (χ0) is 20.6. The molecule has 8 nitrogen and oxygen atoms in total. The molecule has 1 heterocycles. The maximum Gasteiger partial charge on any atom is 0.417 e. The Bertz CT molecular complexity index is 1120. The molecule has 0 saturated carbocycles. The second-order valence-electron chi connectivity index (χ2n) is 5.86. The quantitative estimate of drug-likeness (QED) is 0.482. The van der Waals surface area contributed by atoms with Gasteiger partial charge in [-0.2, -0.15) is 13.2 Å². The molecule has 0 aliphatic heterocycles. The summed E-state index contributed by atoms with van der Waals surface area (Å²) in [6, 6.07) is 7.31. The van der Waals surface area contributed by atoms with Crippen LogP contribution in [0.3, 0.4) is 0 Å². The first-order chi connectivity index (χ1) is 13.1. The summed E-state index contributed by atoms with van der Waals surface area (Å²) >= 11 is 5.61. The summed E-state index contributed by atoms with van der Waals surface area (Å²) < 4.78 is 40.3. The fraction of sp³-hybridized carbons (Fsp3) is 0.188. The summed E-state index contributed by atoms with van der Waals surface area (Å²) in [5.41, 5.74) is -1.13. The predicted molar refractivity (Wildman–Crippen MR) is 92.6 cm³/mol. The number of benzene rings is 2. The molecule has 0 fully saturated rings. The van der Waals surface area contributed by atoms with Gasteiger partial charge in [0.05, 0.1) is 27.7 Å². The molecule has 0 radical (unpaired) electrons. The van der Waals surface area contributed by atoms with E-state index < -0.39 is 27.4 Å². The average molecular weight is 414 g/mol. The fourth-order valence-corrected chi connectivity index (χ4v) is 2.86. The number of hydrogen-bond acceptors (Lipinski definition) is 5. The second kappa shape index (κ2) is 7.08. The van der Waals surface area contributed by atoms with Crippen molar-refractivity contribution in [2.45, 2.75) is 19.6 Å². The van der Waals surface area contributed by atoms with Crippen LogP contribution < -0.4 is 5.69 Å². The van der Waals surface area contributed by atoms with E-state index in [4.69, 9.17) is 11.6 Å². The molecule has 0 amide bonds. The van der Waals surface area contributed by atoms with Crippen LogP contribution in [0.1, 0.15) is 16.7 Å². The van der Waals surface area contributed by atoms with Crippen molar-refractivity contribution in [2.24, 2.45) is 0 Å². The number of aromatic nitrogens is 4. The topological polar surface area (TPSA) is 95.8 Å². The Balaban J connectivity index is 2.03. The molecule has 0 atom stereocenters. The highest BCUT2D eigenvalue weighted by Crippen LogP contribution is 2.35. The number of hydrogen-bond donors (Lipinski definition) is 0. The number of tetrazole rings is 1. The lowest BCUT2D eigenvalue weighted by Gasteiger charge is -2.13. The van der Waals surface area contributed by atoms with Crippen molar-refractivity contribution in [1.29, 1.82) is 0 Å². The van der Waals surface area contributed by atoms with Gasteiger partial charge in [-0.05, 0) is 42.0 Å². The Labute approximate surface area is 159 Å². The van der Waals surface area contributed by atoms with E-state index in [9.17, 15) is 28.1 Å². The number of nitrogens with zero attached hydrogens (tertiary/aromatic N) is 5. The predicted octanol–water partition coefficient (Wildman–Crippen LogP) is 3.37. The van der Waals surface area contributed by atoms with Gasteiger partial charge in [0.2, 0.25) is 0 Å². The summed E-state index contributed by atoms with van der Waals surface area (Å²) in [5, 5.41) is 17.4. The molecule has 0 N–H and O–H groups in total. The largest absolute Gasteiger partial charge is 0.417 e. The third kappa shape index (κ3) is 3.74. The van der Waals surface area contributed by atoms with Gasteiger partial charge < -0.3 is 0 Å². The van der Waals surface area contributed by atoms with Crippen molar-refractivity contribution >= 4 is 17.3 Å². The Morgan fingerprint density at radius 1 is 1.21 bits per heavy atom. The van der Waals surface area contributed by atoms with Gasteiger partial charge in [-0.25, -0.2) is 9.48 Å². The lowest BCUT2D eigenvalue weighted by molar-refractivity contribution is -0.385. The van der Waals surface area contributed by atoms with Crippen LogP contribution in [-0.2, 0) is 12.7 Å². The molecule has 0 saturated heterocycles. The number of alkyl halides is 3. The molecule has 0 aliphatic carbocycles. The number of nitro benzene ring substituents is 1. The molecule has 12 heteroatoms. The minimum atomic E-state index is -4.69. The van der Waals surface area contributed by atoms with Gasteiger partial charge in [0.15, 0.2) is 0 Å². The van der Waals surface area contributed by atoms with Gasteiger partial charge in [-0.1, -0.05) is 22.8 Å². The van der Waals surface area contributed by atoms with E-state index in [0.717, 1.165) is 21.6 Å². The molecular weight excluding hydrogens is 403 g/mol. The summed E-state index contributed by atoms with van der Waals surface area (Å²) in [7, 11) is 0. The average Bonchev–Trinajstić information content (AvgIpc) is 2.95. The van der Waals surface area contributed by atoms with Gasteiger partial charge in [0.1, 0.15) is 0 Å². The molecule has 3 aromatic rings. The Hall–Kier alpha value is -3.21. The normalized spacial score (nSPS) is 11.6. The van der Waals surface area contributed by atoms with Crippen LogP contribution in [0.25, 0.3) is 5.69 Å². The van der Waals surface area contributed by atoms with E-state index in [2.05, 4.69) is 10.3 Å². The number of halogens is 4. The molecule has 28 heavy (non-hydrogen) atoms. The van der Waals surface area contributed by atoms with Crippen molar-refractivity contribution in [3.8, 4) is 5.69 Å². The summed E-state index contributed by atoms with van der Waals surface area (Å²) in [6.07, 6.45) is -4.69. The lowest BCUT2D eigenvalue weighted by atomic mass is 10.1. The zero-order valence-corrected chi connectivity index (χ0v) is 14.9. The van der Waals surface area contributed by atoms with Crippen LogP contribution in [0.4, 0.5) is 18.9 Å². The van der Waals surface area contributed by atoms with Crippen LogP contribution in [0.5, 0.6) is 0 Å². The van der Waals surface area contributed by atoms with Gasteiger partial charge >= 0.3 is 11.9 Å². The molecule has 0 aliphatic rings. The van der Waals surface area contributed by atoms with Gasteiger partial charge in [0, 0.05) is 11.6 Å². The van der Waals surface area contributed by atoms with Gasteiger partial charge in [-0.15, -0.1) is 4.80 Å². The van der Waals surface area contributed by atoms with E-state index in [0.29, 0.717) is 11.1 Å². The molecule has 3 rings (SSSR count). The minimum absolute atomic E-state index is 0.0649. The highest BCUT2D eigenvalue weighted by atomic mass is 35.5. The van der Waals surface area contributed by atoms with Gasteiger partial charge in [0.25, 0.3) is 5.69 Å². The van der Waals surface area contributed by atoms with Crippen LogP contribution in [0, 0.1) is 17.0 Å². The number of aryl methyl sites for hydroxylation is 1. The third-order valence-electron chi connectivity index (χ3n) is 3.94. The summed E-state index contributed by atoms with van der Waals surface area (Å²) in [5.74, 6) is 0. The monoisotopic (exact) mass is 413 g/mol. The molecule has 146 valence electrons. The highest BCUT2D eigenvalue weighted by Gasteiger charge is 2.33. The lowest BCUT2D eigenvalue weighted by Crippen LogP contribution is -2.24. The summed E-state index contributed by atoms with van der Waals surface area (Å²) in [6.45, 7) is 1.43. The fourth-order valence-electron chi connectivity index (χ4n) is 2.64. The first-order valence-corrected chi connectivity index (χ1v) is 8.09.